The molecule has 0 radical (unpaired) electrons. The summed E-state index contributed by atoms with van der Waals surface area (Å²) in [7, 11) is 0. The molecule has 1 N–H and O–H groups in total. The van der Waals surface area contributed by atoms with Crippen molar-refractivity contribution in [3.8, 4) is 0 Å². The molecule has 0 fully saturated rings. The summed E-state index contributed by atoms with van der Waals surface area (Å²) >= 11 is 4.94. The minimum Gasteiger partial charge on any atom is -0.466 e. The van der Waals surface area contributed by atoms with E-state index in [1.165, 1.54) is 11.1 Å². The number of rotatable bonds is 13. The molecular weight excluding hydrogens is 460 g/mol. The zero-order chi connectivity index (χ0) is 27.3. The van der Waals surface area contributed by atoms with Crippen LogP contribution >= 0.6 is 11.6 Å². The lowest BCUT2D eigenvalue weighted by atomic mass is 10.1. The van der Waals surface area contributed by atoms with Gasteiger partial charge in [-0.2, -0.15) is 0 Å². The van der Waals surface area contributed by atoms with E-state index in [4.69, 9.17) is 22.8 Å². The van der Waals surface area contributed by atoms with Crippen molar-refractivity contribution in [1.29, 1.82) is 0 Å². The Morgan fingerprint density at radius 2 is 1.29 bits per heavy atom. The van der Waals surface area contributed by atoms with Crippen molar-refractivity contribution in [2.45, 2.75) is 91.9 Å². The lowest BCUT2D eigenvalue weighted by Gasteiger charge is -2.04. The molecule has 0 aliphatic carbocycles. The van der Waals surface area contributed by atoms with Crippen molar-refractivity contribution >= 4 is 22.8 Å². The molecule has 0 saturated carbocycles. The van der Waals surface area contributed by atoms with E-state index in [2.05, 4.69) is 36.4 Å². The standard InChI is InChI=1S/C14H20O2.C10H14O.C4H7ClO.C2H6/c1-2-8-14(15)16-12-7-6-11-13-9-4-3-5-10-13;11-9-5-4-8-10-6-2-1-3-7-10;1-2-3-4(5)6;1-2/h3-5,9-10H,2,6-8,11-12H2,1H3;1-3,6-7,11H,4-5,8-9H2;2-3H2,1H3;1-2H3/i;;;1D. The largest absolute Gasteiger partial charge is 0.466 e. The van der Waals surface area contributed by atoms with Crippen LogP contribution in [-0.2, 0) is 27.2 Å². The van der Waals surface area contributed by atoms with E-state index < -0.39 is 0 Å². The van der Waals surface area contributed by atoms with Crippen LogP contribution in [0.1, 0.15) is 91.5 Å². The fraction of sp³-hybridized carbons (Fsp3) is 0.533. The SMILES string of the molecule is CCCC(=O)Cl.CCCC(=O)OCCCCc1ccccc1.OCCCCc1ccccc1.[2H]CC. The Balaban J connectivity index is 0. The molecule has 0 aliphatic rings. The first-order valence-corrected chi connectivity index (χ1v) is 13.1. The number of carbonyl (C=O) groups excluding carboxylic acids is 2. The Morgan fingerprint density at radius 3 is 1.66 bits per heavy atom. The maximum atomic E-state index is 11.1. The third kappa shape index (κ3) is 26.3. The first-order chi connectivity index (χ1) is 17.4. The zero-order valence-corrected chi connectivity index (χ0v) is 22.8. The molecule has 2 aromatic carbocycles. The van der Waals surface area contributed by atoms with Gasteiger partial charge in [0, 0.05) is 20.8 Å². The summed E-state index contributed by atoms with van der Waals surface area (Å²) in [5.41, 5.74) is 2.71. The number of aryl methyl sites for hydroxylation is 2. The Morgan fingerprint density at radius 1 is 0.829 bits per heavy atom. The Hall–Kier alpha value is -2.17. The quantitative estimate of drug-likeness (QED) is 0.170. The van der Waals surface area contributed by atoms with Crippen LogP contribution < -0.4 is 0 Å². The van der Waals surface area contributed by atoms with Gasteiger partial charge in [0.25, 0.3) is 0 Å². The van der Waals surface area contributed by atoms with E-state index in [0.29, 0.717) is 33.0 Å². The summed E-state index contributed by atoms with van der Waals surface area (Å²) in [5.74, 6) is -0.0674. The molecule has 4 nitrogen and oxygen atoms in total. The third-order valence-electron chi connectivity index (χ3n) is 4.58. The van der Waals surface area contributed by atoms with Crippen molar-refractivity contribution in [2.75, 3.05) is 13.2 Å². The fourth-order valence-electron chi connectivity index (χ4n) is 2.82. The summed E-state index contributed by atoms with van der Waals surface area (Å²) < 4.78 is 11.3. The molecule has 0 heterocycles. The van der Waals surface area contributed by atoms with Crippen LogP contribution in [0.5, 0.6) is 0 Å². The Bertz CT molecular complexity index is 726. The highest BCUT2D eigenvalue weighted by Gasteiger charge is 1.99. The second-order valence-electron chi connectivity index (χ2n) is 7.68. The van der Waals surface area contributed by atoms with Crippen molar-refractivity contribution in [2.24, 2.45) is 0 Å². The number of hydrogen-bond acceptors (Lipinski definition) is 4. The molecule has 0 saturated heterocycles. The van der Waals surface area contributed by atoms with E-state index in [1.54, 1.807) is 6.92 Å². The van der Waals surface area contributed by atoms with Crippen LogP contribution in [0.4, 0.5) is 0 Å². The van der Waals surface area contributed by atoms with E-state index in [9.17, 15) is 9.59 Å². The molecule has 35 heavy (non-hydrogen) atoms. The minimum atomic E-state index is -0.238. The van der Waals surface area contributed by atoms with Gasteiger partial charge in [-0.3, -0.25) is 9.59 Å². The second-order valence-corrected chi connectivity index (χ2v) is 8.11. The molecule has 0 atom stereocenters. The number of halogens is 1. The van der Waals surface area contributed by atoms with Gasteiger partial charge in [0.2, 0.25) is 5.24 Å². The van der Waals surface area contributed by atoms with Crippen LogP contribution in [-0.4, -0.2) is 29.5 Å². The lowest BCUT2D eigenvalue weighted by Crippen LogP contribution is -2.05. The molecule has 0 aliphatic heterocycles. The average Bonchev–Trinajstić information content (AvgIpc) is 2.87. The smallest absolute Gasteiger partial charge is 0.305 e. The molecule has 5 heteroatoms. The summed E-state index contributed by atoms with van der Waals surface area (Å²) in [4.78, 5) is 20.9. The second kappa shape index (κ2) is 28.1. The van der Waals surface area contributed by atoms with Gasteiger partial charge in [0.15, 0.2) is 0 Å². The molecule has 0 spiro atoms. The van der Waals surface area contributed by atoms with Crippen molar-refractivity contribution in [1.82, 2.24) is 0 Å². The maximum Gasteiger partial charge on any atom is 0.305 e. The minimum absolute atomic E-state index is 0.0674. The maximum absolute atomic E-state index is 11.1. The van der Waals surface area contributed by atoms with Crippen molar-refractivity contribution in [3.63, 3.8) is 0 Å². The number of aliphatic hydroxyl groups excluding tert-OH is 1. The van der Waals surface area contributed by atoms with Gasteiger partial charge in [-0.15, -0.1) is 0 Å². The molecule has 0 amide bonds. The summed E-state index contributed by atoms with van der Waals surface area (Å²) in [6, 6.07) is 20.8. The number of benzene rings is 2. The fourth-order valence-corrected chi connectivity index (χ4v) is 3.01. The summed E-state index contributed by atoms with van der Waals surface area (Å²) in [6.45, 7) is 7.06. The summed E-state index contributed by atoms with van der Waals surface area (Å²) in [6.07, 6.45) is 8.92. The molecular formula is C30H47ClO4. The first kappa shape index (κ1) is 32.8. The monoisotopic (exact) mass is 507 g/mol. The van der Waals surface area contributed by atoms with Gasteiger partial charge in [-0.05, 0) is 74.1 Å². The molecule has 0 aromatic heterocycles. The van der Waals surface area contributed by atoms with Gasteiger partial charge in [0.05, 0.1) is 6.61 Å². The average molecular weight is 508 g/mol. The van der Waals surface area contributed by atoms with Crippen LogP contribution in [0.2, 0.25) is 0 Å². The van der Waals surface area contributed by atoms with Gasteiger partial charge in [-0.25, -0.2) is 0 Å². The van der Waals surface area contributed by atoms with E-state index in [1.807, 2.05) is 38.1 Å². The molecule has 0 unspecified atom stereocenters. The van der Waals surface area contributed by atoms with E-state index in [0.717, 1.165) is 51.4 Å². The number of unbranched alkanes of at least 4 members (excludes halogenated alkanes) is 2. The highest BCUT2D eigenvalue weighted by Crippen LogP contribution is 2.05. The van der Waals surface area contributed by atoms with Gasteiger partial charge < -0.3 is 9.84 Å². The predicted octanol–water partition coefficient (Wildman–Crippen LogP) is 7.93. The number of hydrogen-bond donors (Lipinski definition) is 1. The lowest BCUT2D eigenvalue weighted by molar-refractivity contribution is -0.143. The van der Waals surface area contributed by atoms with Crippen molar-refractivity contribution in [3.05, 3.63) is 71.8 Å². The van der Waals surface area contributed by atoms with E-state index >= 15 is 0 Å². The predicted molar refractivity (Wildman–Crippen MR) is 149 cm³/mol. The highest BCUT2D eigenvalue weighted by molar-refractivity contribution is 6.63. The zero-order valence-electron chi connectivity index (χ0n) is 23.0. The topological polar surface area (TPSA) is 63.6 Å². The van der Waals surface area contributed by atoms with Crippen LogP contribution in [0.15, 0.2) is 60.7 Å². The van der Waals surface area contributed by atoms with Crippen LogP contribution in [0.25, 0.3) is 0 Å². The van der Waals surface area contributed by atoms with Gasteiger partial charge in [-0.1, -0.05) is 88.3 Å². The number of aliphatic hydroxyl groups is 1. The van der Waals surface area contributed by atoms with Gasteiger partial charge >= 0.3 is 5.97 Å². The number of esters is 1. The van der Waals surface area contributed by atoms with Crippen molar-refractivity contribution < 1.29 is 20.8 Å². The van der Waals surface area contributed by atoms with E-state index in [-0.39, 0.29) is 11.2 Å². The Labute approximate surface area is 220 Å². The normalized spacial score (nSPS) is 9.69. The highest BCUT2D eigenvalue weighted by atomic mass is 35.5. The third-order valence-corrected chi connectivity index (χ3v) is 4.77. The molecule has 0 bridgehead atoms. The molecule has 2 rings (SSSR count). The van der Waals surface area contributed by atoms with Crippen LogP contribution in [0.3, 0.4) is 0 Å². The molecule has 198 valence electrons. The first-order valence-electron chi connectivity index (χ1n) is 13.5. The molecule has 2 aromatic rings. The number of carbonyl (C=O) groups is 2. The van der Waals surface area contributed by atoms with Gasteiger partial charge in [0.1, 0.15) is 0 Å². The van der Waals surface area contributed by atoms with Crippen LogP contribution in [0, 0.1) is 0 Å². The Kier molecular flexibility index (Phi) is 26.3. The summed E-state index contributed by atoms with van der Waals surface area (Å²) in [5, 5.41) is 8.31. The number of ether oxygens (including phenoxy) is 1.